The van der Waals surface area contributed by atoms with E-state index in [2.05, 4.69) is 13.5 Å². The van der Waals surface area contributed by atoms with Crippen molar-refractivity contribution in [1.82, 2.24) is 0 Å². The first-order valence-electron chi connectivity index (χ1n) is 6.08. The maximum Gasteiger partial charge on any atom is 0.314 e. The number of carboxylic acids is 1. The average Bonchev–Trinajstić information content (AvgIpc) is 2.14. The van der Waals surface area contributed by atoms with E-state index >= 15 is 0 Å². The fraction of sp³-hybridized carbons (Fsp3) is 0.714. The monoisotopic (exact) mass is 240 g/mol. The van der Waals surface area contributed by atoms with E-state index in [0.717, 1.165) is 19.3 Å². The van der Waals surface area contributed by atoms with Crippen LogP contribution >= 0.6 is 0 Å². The van der Waals surface area contributed by atoms with Crippen LogP contribution in [-0.2, 0) is 9.59 Å². The highest BCUT2D eigenvalue weighted by Gasteiger charge is 2.38. The predicted molar refractivity (Wildman–Crippen MR) is 68.8 cm³/mol. The number of ketones is 1. The second-order valence-corrected chi connectivity index (χ2v) is 5.48. The molecule has 0 aromatic carbocycles. The summed E-state index contributed by atoms with van der Waals surface area (Å²) < 4.78 is 0. The fourth-order valence-electron chi connectivity index (χ4n) is 2.20. The van der Waals surface area contributed by atoms with Gasteiger partial charge in [-0.3, -0.25) is 9.59 Å². The van der Waals surface area contributed by atoms with Gasteiger partial charge in [-0.1, -0.05) is 33.3 Å². The van der Waals surface area contributed by atoms with Crippen LogP contribution in [0.15, 0.2) is 12.7 Å². The van der Waals surface area contributed by atoms with E-state index in [1.54, 1.807) is 0 Å². The summed E-state index contributed by atoms with van der Waals surface area (Å²) in [5.74, 6) is -1.74. The van der Waals surface area contributed by atoms with Crippen molar-refractivity contribution < 1.29 is 14.7 Å². The van der Waals surface area contributed by atoms with E-state index in [9.17, 15) is 9.59 Å². The maximum absolute atomic E-state index is 11.4. The molecule has 0 aromatic heterocycles. The minimum Gasteiger partial charge on any atom is -0.481 e. The average molecular weight is 240 g/mol. The maximum atomic E-state index is 11.4. The molecule has 0 aliphatic carbocycles. The SMILES string of the molecule is C=CC(C)CCCC(C)(C)C(C(C)=O)C(=O)O. The zero-order valence-corrected chi connectivity index (χ0v) is 11.3. The van der Waals surface area contributed by atoms with E-state index in [0.29, 0.717) is 5.92 Å². The van der Waals surface area contributed by atoms with Crippen LogP contribution < -0.4 is 0 Å². The molecule has 0 fully saturated rings. The van der Waals surface area contributed by atoms with Gasteiger partial charge in [0.15, 0.2) is 0 Å². The minimum absolute atomic E-state index is 0.265. The largest absolute Gasteiger partial charge is 0.481 e. The summed E-state index contributed by atoms with van der Waals surface area (Å²) in [6.45, 7) is 10.9. The Morgan fingerprint density at radius 3 is 2.29 bits per heavy atom. The molecular weight excluding hydrogens is 216 g/mol. The second kappa shape index (κ2) is 6.58. The lowest BCUT2D eigenvalue weighted by Crippen LogP contribution is -2.36. The number of carbonyl (C=O) groups is 2. The Morgan fingerprint density at radius 1 is 1.41 bits per heavy atom. The van der Waals surface area contributed by atoms with Crippen LogP contribution in [-0.4, -0.2) is 16.9 Å². The van der Waals surface area contributed by atoms with Crippen LogP contribution in [0.25, 0.3) is 0 Å². The van der Waals surface area contributed by atoms with Crippen LogP contribution in [0.3, 0.4) is 0 Å². The molecule has 0 saturated carbocycles. The molecule has 17 heavy (non-hydrogen) atoms. The number of hydrogen-bond acceptors (Lipinski definition) is 2. The molecule has 0 rings (SSSR count). The van der Waals surface area contributed by atoms with Gasteiger partial charge in [0.2, 0.25) is 0 Å². The molecule has 0 aliphatic heterocycles. The molecule has 0 amide bonds. The molecule has 0 aromatic rings. The number of rotatable bonds is 8. The quantitative estimate of drug-likeness (QED) is 0.523. The Bertz CT molecular complexity index is 278. The van der Waals surface area contributed by atoms with Crippen LogP contribution in [0.4, 0.5) is 0 Å². The number of carboxylic acid groups (broad SMARTS) is 1. The Balaban J connectivity index is 4.48. The third kappa shape index (κ3) is 5.16. The third-order valence-electron chi connectivity index (χ3n) is 3.32. The molecule has 0 radical (unpaired) electrons. The lowest BCUT2D eigenvalue weighted by molar-refractivity contribution is -0.150. The first-order valence-corrected chi connectivity index (χ1v) is 6.08. The summed E-state index contributed by atoms with van der Waals surface area (Å²) in [5.41, 5.74) is -0.488. The molecule has 3 heteroatoms. The van der Waals surface area contributed by atoms with Gasteiger partial charge in [0, 0.05) is 0 Å². The Kier molecular flexibility index (Phi) is 6.14. The normalized spacial score (nSPS) is 15.1. The number of allylic oxidation sites excluding steroid dienone is 1. The number of aliphatic carboxylic acids is 1. The first kappa shape index (κ1) is 15.9. The van der Waals surface area contributed by atoms with Crippen LogP contribution in [0.1, 0.15) is 47.0 Å². The van der Waals surface area contributed by atoms with Gasteiger partial charge in [-0.05, 0) is 31.1 Å². The van der Waals surface area contributed by atoms with Gasteiger partial charge in [0.05, 0.1) is 0 Å². The van der Waals surface area contributed by atoms with Crippen LogP contribution in [0, 0.1) is 17.3 Å². The Morgan fingerprint density at radius 2 is 1.94 bits per heavy atom. The summed E-state index contributed by atoms with van der Waals surface area (Å²) in [5, 5.41) is 9.10. The molecule has 2 atom stereocenters. The Hall–Kier alpha value is -1.12. The van der Waals surface area contributed by atoms with E-state index < -0.39 is 17.3 Å². The van der Waals surface area contributed by atoms with Gasteiger partial charge >= 0.3 is 5.97 Å². The summed E-state index contributed by atoms with van der Waals surface area (Å²) in [7, 11) is 0. The van der Waals surface area contributed by atoms with Crippen molar-refractivity contribution in [3.8, 4) is 0 Å². The topological polar surface area (TPSA) is 54.4 Å². The van der Waals surface area contributed by atoms with Crippen LogP contribution in [0.2, 0.25) is 0 Å². The van der Waals surface area contributed by atoms with Gasteiger partial charge in [-0.2, -0.15) is 0 Å². The molecular formula is C14H24O3. The molecule has 0 bridgehead atoms. The summed E-state index contributed by atoms with van der Waals surface area (Å²) >= 11 is 0. The number of carbonyl (C=O) groups excluding carboxylic acids is 1. The van der Waals surface area contributed by atoms with Gasteiger partial charge in [0.1, 0.15) is 11.7 Å². The molecule has 3 nitrogen and oxygen atoms in total. The third-order valence-corrected chi connectivity index (χ3v) is 3.32. The van der Waals surface area contributed by atoms with Crippen molar-refractivity contribution in [3.63, 3.8) is 0 Å². The van der Waals surface area contributed by atoms with Crippen molar-refractivity contribution in [1.29, 1.82) is 0 Å². The highest BCUT2D eigenvalue weighted by Crippen LogP contribution is 2.34. The van der Waals surface area contributed by atoms with E-state index in [-0.39, 0.29) is 5.78 Å². The second-order valence-electron chi connectivity index (χ2n) is 5.48. The van der Waals surface area contributed by atoms with Crippen molar-refractivity contribution in [2.45, 2.75) is 47.0 Å². The molecule has 0 saturated heterocycles. The lowest BCUT2D eigenvalue weighted by atomic mass is 9.73. The van der Waals surface area contributed by atoms with E-state index in [4.69, 9.17) is 5.11 Å². The standard InChI is InChI=1S/C14H24O3/c1-6-10(2)8-7-9-14(4,5)12(11(3)15)13(16)17/h6,10,12H,1,7-9H2,2-5H3,(H,16,17). The Labute approximate surface area is 104 Å². The zero-order chi connectivity index (χ0) is 13.6. The molecule has 98 valence electrons. The predicted octanol–water partition coefficient (Wildman–Crippen LogP) is 3.29. The summed E-state index contributed by atoms with van der Waals surface area (Å²) in [6, 6.07) is 0. The van der Waals surface area contributed by atoms with E-state index in [1.807, 2.05) is 19.9 Å². The van der Waals surface area contributed by atoms with Crippen molar-refractivity contribution in [3.05, 3.63) is 12.7 Å². The van der Waals surface area contributed by atoms with E-state index in [1.165, 1.54) is 6.92 Å². The number of hydrogen-bond donors (Lipinski definition) is 1. The van der Waals surface area contributed by atoms with Gasteiger partial charge in [-0.15, -0.1) is 6.58 Å². The van der Waals surface area contributed by atoms with Gasteiger partial charge in [-0.25, -0.2) is 0 Å². The van der Waals surface area contributed by atoms with Crippen molar-refractivity contribution in [2.75, 3.05) is 0 Å². The highest BCUT2D eigenvalue weighted by atomic mass is 16.4. The fourth-order valence-corrected chi connectivity index (χ4v) is 2.20. The molecule has 1 N–H and O–H groups in total. The van der Waals surface area contributed by atoms with Gasteiger partial charge < -0.3 is 5.11 Å². The minimum atomic E-state index is -1.01. The molecule has 2 unspecified atom stereocenters. The summed E-state index contributed by atoms with van der Waals surface area (Å²) in [4.78, 5) is 22.5. The van der Waals surface area contributed by atoms with Crippen LogP contribution in [0.5, 0.6) is 0 Å². The zero-order valence-electron chi connectivity index (χ0n) is 11.3. The molecule has 0 heterocycles. The molecule has 0 aliphatic rings. The highest BCUT2D eigenvalue weighted by molar-refractivity contribution is 5.97. The van der Waals surface area contributed by atoms with Crippen molar-refractivity contribution >= 4 is 11.8 Å². The van der Waals surface area contributed by atoms with Gasteiger partial charge in [0.25, 0.3) is 0 Å². The first-order chi connectivity index (χ1) is 7.72. The lowest BCUT2D eigenvalue weighted by Gasteiger charge is -2.30. The number of Topliss-reactive ketones (excluding diaryl/α,β-unsaturated/α-hetero) is 1. The molecule has 0 spiro atoms. The van der Waals surface area contributed by atoms with Crippen molar-refractivity contribution in [2.24, 2.45) is 17.3 Å². The smallest absolute Gasteiger partial charge is 0.314 e. The summed E-state index contributed by atoms with van der Waals surface area (Å²) in [6.07, 6.45) is 4.53.